The molecular formula is C13H8ClIN2O2S. The first-order valence-corrected chi connectivity index (χ1v) is 8.35. The molecule has 0 radical (unpaired) electrons. The van der Waals surface area contributed by atoms with Gasteiger partial charge in [0.25, 0.3) is 10.0 Å². The van der Waals surface area contributed by atoms with E-state index >= 15 is 0 Å². The van der Waals surface area contributed by atoms with Gasteiger partial charge < -0.3 is 0 Å². The molecule has 4 nitrogen and oxygen atoms in total. The Morgan fingerprint density at radius 3 is 2.50 bits per heavy atom. The van der Waals surface area contributed by atoms with Gasteiger partial charge in [0.1, 0.15) is 4.90 Å². The molecule has 2 rings (SSSR count). The molecule has 0 aliphatic carbocycles. The maximum atomic E-state index is 12.3. The SMILES string of the molecule is N#Cc1ccc(S(=O)(=O)Nc2ccccc2I)c(Cl)c1. The van der Waals surface area contributed by atoms with Crippen molar-refractivity contribution in [3.63, 3.8) is 0 Å². The third-order valence-electron chi connectivity index (χ3n) is 2.47. The van der Waals surface area contributed by atoms with Crippen molar-refractivity contribution in [2.45, 2.75) is 4.90 Å². The molecule has 1 N–H and O–H groups in total. The molecule has 7 heteroatoms. The number of rotatable bonds is 3. The number of nitrogens with zero attached hydrogens (tertiary/aromatic N) is 1. The smallest absolute Gasteiger partial charge is 0.263 e. The fraction of sp³-hybridized carbons (Fsp3) is 0. The molecule has 0 spiro atoms. The highest BCUT2D eigenvalue weighted by molar-refractivity contribution is 14.1. The van der Waals surface area contributed by atoms with Crippen molar-refractivity contribution in [1.82, 2.24) is 0 Å². The van der Waals surface area contributed by atoms with Crippen LogP contribution in [-0.2, 0) is 10.0 Å². The number of benzene rings is 2. The molecular weight excluding hydrogens is 411 g/mol. The second-order valence-corrected chi connectivity index (χ2v) is 7.06. The van der Waals surface area contributed by atoms with Crippen LogP contribution in [-0.4, -0.2) is 8.42 Å². The largest absolute Gasteiger partial charge is 0.279 e. The van der Waals surface area contributed by atoms with Gasteiger partial charge in [0.2, 0.25) is 0 Å². The van der Waals surface area contributed by atoms with Crippen LogP contribution in [0.25, 0.3) is 0 Å². The van der Waals surface area contributed by atoms with Gasteiger partial charge in [0.05, 0.1) is 22.3 Å². The third kappa shape index (κ3) is 3.23. The molecule has 2 aromatic rings. The van der Waals surface area contributed by atoms with E-state index in [0.717, 1.165) is 3.57 Å². The second-order valence-electron chi connectivity index (χ2n) is 3.84. The van der Waals surface area contributed by atoms with E-state index in [9.17, 15) is 8.42 Å². The van der Waals surface area contributed by atoms with Gasteiger partial charge in [-0.1, -0.05) is 23.7 Å². The highest BCUT2D eigenvalue weighted by Crippen LogP contribution is 2.26. The molecule has 0 bridgehead atoms. The Morgan fingerprint density at radius 2 is 1.90 bits per heavy atom. The van der Waals surface area contributed by atoms with Crippen molar-refractivity contribution in [3.05, 3.63) is 56.6 Å². The van der Waals surface area contributed by atoms with E-state index in [1.807, 2.05) is 34.7 Å². The van der Waals surface area contributed by atoms with E-state index in [0.29, 0.717) is 11.3 Å². The Morgan fingerprint density at radius 1 is 1.20 bits per heavy atom. The lowest BCUT2D eigenvalue weighted by atomic mass is 10.2. The van der Waals surface area contributed by atoms with Crippen LogP contribution in [0.5, 0.6) is 0 Å². The lowest BCUT2D eigenvalue weighted by Gasteiger charge is -2.10. The van der Waals surface area contributed by atoms with Crippen molar-refractivity contribution in [1.29, 1.82) is 5.26 Å². The van der Waals surface area contributed by atoms with Crippen LogP contribution in [0, 0.1) is 14.9 Å². The zero-order valence-electron chi connectivity index (χ0n) is 9.97. The molecule has 0 amide bonds. The maximum absolute atomic E-state index is 12.3. The number of sulfonamides is 1. The molecule has 20 heavy (non-hydrogen) atoms. The molecule has 0 aliphatic rings. The van der Waals surface area contributed by atoms with Crippen molar-refractivity contribution in [3.8, 4) is 6.07 Å². The molecule has 0 aliphatic heterocycles. The highest BCUT2D eigenvalue weighted by atomic mass is 127. The summed E-state index contributed by atoms with van der Waals surface area (Å²) in [6.07, 6.45) is 0. The number of nitrogens with one attached hydrogen (secondary N) is 1. The van der Waals surface area contributed by atoms with Crippen LogP contribution in [0.2, 0.25) is 5.02 Å². The minimum Gasteiger partial charge on any atom is -0.279 e. The molecule has 2 aromatic carbocycles. The Balaban J connectivity index is 2.42. The molecule has 0 atom stereocenters. The topological polar surface area (TPSA) is 70.0 Å². The lowest BCUT2D eigenvalue weighted by molar-refractivity contribution is 0.601. The van der Waals surface area contributed by atoms with Crippen LogP contribution in [0.1, 0.15) is 5.56 Å². The number of hydrogen-bond acceptors (Lipinski definition) is 3. The normalized spacial score (nSPS) is 10.8. The predicted molar refractivity (Wildman–Crippen MR) is 86.1 cm³/mol. The Kier molecular flexibility index (Phi) is 4.52. The number of anilines is 1. The molecule has 0 saturated carbocycles. The van der Waals surface area contributed by atoms with E-state index in [1.165, 1.54) is 18.2 Å². The van der Waals surface area contributed by atoms with Gasteiger partial charge in [0.15, 0.2) is 0 Å². The Labute approximate surface area is 135 Å². The Hall–Kier alpha value is -1.30. The summed E-state index contributed by atoms with van der Waals surface area (Å²) in [5.41, 5.74) is 0.789. The maximum Gasteiger partial charge on any atom is 0.263 e. The number of halogens is 2. The van der Waals surface area contributed by atoms with Crippen molar-refractivity contribution >= 4 is 49.9 Å². The molecule has 0 unspecified atom stereocenters. The minimum absolute atomic E-state index is 0.0162. The molecule has 0 aromatic heterocycles. The van der Waals surface area contributed by atoms with Gasteiger partial charge >= 0.3 is 0 Å². The summed E-state index contributed by atoms with van der Waals surface area (Å²) in [4.78, 5) is -0.0576. The zero-order chi connectivity index (χ0) is 14.8. The summed E-state index contributed by atoms with van der Waals surface area (Å²) >= 11 is 7.96. The Bertz CT molecular complexity index is 800. The van der Waals surface area contributed by atoms with Gasteiger partial charge in [-0.2, -0.15) is 5.26 Å². The number of para-hydroxylation sites is 1. The fourth-order valence-corrected chi connectivity index (χ4v) is 3.86. The van der Waals surface area contributed by atoms with Gasteiger partial charge in [-0.05, 0) is 52.9 Å². The van der Waals surface area contributed by atoms with Crippen LogP contribution in [0.3, 0.4) is 0 Å². The summed E-state index contributed by atoms with van der Waals surface area (Å²) < 4.78 is 27.8. The monoisotopic (exact) mass is 418 g/mol. The van der Waals surface area contributed by atoms with Gasteiger partial charge in [-0.25, -0.2) is 8.42 Å². The van der Waals surface area contributed by atoms with Gasteiger partial charge in [-0.3, -0.25) is 4.72 Å². The summed E-state index contributed by atoms with van der Waals surface area (Å²) in [6.45, 7) is 0. The van der Waals surface area contributed by atoms with E-state index in [2.05, 4.69) is 4.72 Å². The standard InChI is InChI=1S/C13H8ClIN2O2S/c14-10-7-9(8-16)5-6-13(10)20(18,19)17-12-4-2-1-3-11(12)15/h1-7,17H. The van der Waals surface area contributed by atoms with E-state index in [1.54, 1.807) is 18.2 Å². The average molecular weight is 419 g/mol. The first-order chi connectivity index (χ1) is 9.44. The van der Waals surface area contributed by atoms with Crippen molar-refractivity contribution in [2.24, 2.45) is 0 Å². The van der Waals surface area contributed by atoms with Crippen molar-refractivity contribution < 1.29 is 8.42 Å². The van der Waals surface area contributed by atoms with E-state index in [4.69, 9.17) is 16.9 Å². The van der Waals surface area contributed by atoms with Crippen LogP contribution >= 0.6 is 34.2 Å². The lowest BCUT2D eigenvalue weighted by Crippen LogP contribution is -2.14. The zero-order valence-corrected chi connectivity index (χ0v) is 13.7. The van der Waals surface area contributed by atoms with E-state index < -0.39 is 10.0 Å². The molecule has 0 heterocycles. The van der Waals surface area contributed by atoms with Gasteiger partial charge in [-0.15, -0.1) is 0 Å². The quantitative estimate of drug-likeness (QED) is 0.774. The van der Waals surface area contributed by atoms with Crippen LogP contribution < -0.4 is 4.72 Å². The predicted octanol–water partition coefficient (Wildman–Crippen LogP) is 3.62. The third-order valence-corrected chi connectivity index (χ3v) is 5.26. The minimum atomic E-state index is -3.79. The number of nitriles is 1. The number of hydrogen-bond donors (Lipinski definition) is 1. The molecule has 102 valence electrons. The highest BCUT2D eigenvalue weighted by Gasteiger charge is 2.19. The summed E-state index contributed by atoms with van der Waals surface area (Å²) in [5, 5.41) is 8.77. The molecule has 0 fully saturated rings. The average Bonchev–Trinajstić information content (AvgIpc) is 2.40. The second kappa shape index (κ2) is 5.99. The van der Waals surface area contributed by atoms with Crippen LogP contribution in [0.4, 0.5) is 5.69 Å². The van der Waals surface area contributed by atoms with Crippen LogP contribution in [0.15, 0.2) is 47.4 Å². The summed E-state index contributed by atoms with van der Waals surface area (Å²) in [6, 6.07) is 13.0. The summed E-state index contributed by atoms with van der Waals surface area (Å²) in [7, 11) is -3.79. The van der Waals surface area contributed by atoms with Gasteiger partial charge in [0, 0.05) is 3.57 Å². The summed E-state index contributed by atoms with van der Waals surface area (Å²) in [5.74, 6) is 0. The molecule has 0 saturated heterocycles. The first-order valence-electron chi connectivity index (χ1n) is 5.41. The van der Waals surface area contributed by atoms with Crippen molar-refractivity contribution in [2.75, 3.05) is 4.72 Å². The fourth-order valence-electron chi connectivity index (χ4n) is 1.53. The first kappa shape index (κ1) is 15.1. The van der Waals surface area contributed by atoms with E-state index in [-0.39, 0.29) is 9.92 Å².